The molecule has 0 saturated heterocycles. The van der Waals surface area contributed by atoms with Crippen LogP contribution in [0.4, 0.5) is 5.69 Å². The van der Waals surface area contributed by atoms with Crippen molar-refractivity contribution in [1.82, 2.24) is 10.2 Å². The van der Waals surface area contributed by atoms with Gasteiger partial charge in [-0.2, -0.15) is 0 Å². The number of rotatable bonds is 11. The smallest absolute Gasteiger partial charge is 0.244 e. The standard InChI is InChI=1S/C25H32Cl3N3O4S/c1-6-17(4)29-25(33)22(7-2)30(14-18-8-9-20(27)13-21(18)28)24(32)15-31(36(5,34)35)23-11-10-19(26)12-16(23)3/h8-13,17,22H,6-7,14-15H2,1-5H3,(H,29,33)/t17-,22+/m0/s1. The fraction of sp³-hybridized carbons (Fsp3) is 0.440. The van der Waals surface area contributed by atoms with Crippen molar-refractivity contribution in [3.8, 4) is 0 Å². The molecule has 1 N–H and O–H groups in total. The van der Waals surface area contributed by atoms with Crippen LogP contribution in [-0.4, -0.2) is 50.0 Å². The van der Waals surface area contributed by atoms with Gasteiger partial charge in [0.2, 0.25) is 21.8 Å². The molecule has 0 bridgehead atoms. The number of nitrogens with one attached hydrogen (secondary N) is 1. The molecule has 0 aromatic heterocycles. The first-order valence-electron chi connectivity index (χ1n) is 11.6. The predicted octanol–water partition coefficient (Wildman–Crippen LogP) is 5.44. The maximum atomic E-state index is 13.7. The summed E-state index contributed by atoms with van der Waals surface area (Å²) < 4.78 is 26.5. The number of carbonyl (C=O) groups excluding carboxylic acids is 2. The maximum absolute atomic E-state index is 13.7. The number of hydrogen-bond donors (Lipinski definition) is 1. The molecule has 2 amide bonds. The molecule has 198 valence electrons. The van der Waals surface area contributed by atoms with Crippen LogP contribution in [0.3, 0.4) is 0 Å². The van der Waals surface area contributed by atoms with E-state index >= 15 is 0 Å². The van der Waals surface area contributed by atoms with Crippen molar-refractivity contribution in [3.63, 3.8) is 0 Å². The van der Waals surface area contributed by atoms with Crippen molar-refractivity contribution in [2.45, 2.75) is 59.2 Å². The number of carbonyl (C=O) groups is 2. The topological polar surface area (TPSA) is 86.8 Å². The van der Waals surface area contributed by atoms with Gasteiger partial charge in [-0.25, -0.2) is 8.42 Å². The van der Waals surface area contributed by atoms with Crippen LogP contribution in [-0.2, 0) is 26.2 Å². The van der Waals surface area contributed by atoms with E-state index in [0.717, 1.165) is 17.0 Å². The van der Waals surface area contributed by atoms with Crippen LogP contribution < -0.4 is 9.62 Å². The zero-order valence-corrected chi connectivity index (χ0v) is 24.1. The molecule has 0 spiro atoms. The molecule has 0 aliphatic heterocycles. The average molecular weight is 577 g/mol. The van der Waals surface area contributed by atoms with Gasteiger partial charge in [0.1, 0.15) is 12.6 Å². The lowest BCUT2D eigenvalue weighted by atomic mass is 10.1. The Labute approximate surface area is 228 Å². The minimum absolute atomic E-state index is 0.00152. The summed E-state index contributed by atoms with van der Waals surface area (Å²) in [4.78, 5) is 28.3. The van der Waals surface area contributed by atoms with Crippen LogP contribution in [0.2, 0.25) is 15.1 Å². The maximum Gasteiger partial charge on any atom is 0.244 e. The quantitative estimate of drug-likeness (QED) is 0.386. The van der Waals surface area contributed by atoms with Crippen molar-refractivity contribution in [2.24, 2.45) is 0 Å². The lowest BCUT2D eigenvalue weighted by Gasteiger charge is -2.34. The van der Waals surface area contributed by atoms with E-state index in [2.05, 4.69) is 5.32 Å². The molecule has 0 saturated carbocycles. The van der Waals surface area contributed by atoms with Crippen LogP contribution in [0.1, 0.15) is 44.7 Å². The summed E-state index contributed by atoms with van der Waals surface area (Å²) >= 11 is 18.5. The first-order chi connectivity index (χ1) is 16.8. The van der Waals surface area contributed by atoms with Crippen molar-refractivity contribution < 1.29 is 18.0 Å². The number of halogens is 3. The number of hydrogen-bond acceptors (Lipinski definition) is 4. The van der Waals surface area contributed by atoms with Gasteiger partial charge in [-0.15, -0.1) is 0 Å². The first-order valence-corrected chi connectivity index (χ1v) is 14.5. The summed E-state index contributed by atoms with van der Waals surface area (Å²) in [5, 5.41) is 4.14. The normalized spacial score (nSPS) is 13.1. The molecule has 0 aliphatic carbocycles. The highest BCUT2D eigenvalue weighted by Crippen LogP contribution is 2.27. The second-order valence-electron chi connectivity index (χ2n) is 8.70. The van der Waals surface area contributed by atoms with Crippen LogP contribution in [0, 0.1) is 6.92 Å². The van der Waals surface area contributed by atoms with Gasteiger partial charge in [-0.1, -0.05) is 54.7 Å². The van der Waals surface area contributed by atoms with Gasteiger partial charge < -0.3 is 10.2 Å². The number of benzene rings is 2. The molecule has 0 aliphatic rings. The largest absolute Gasteiger partial charge is 0.352 e. The van der Waals surface area contributed by atoms with Crippen molar-refractivity contribution in [2.75, 3.05) is 17.1 Å². The Hall–Kier alpha value is -2.00. The van der Waals surface area contributed by atoms with E-state index in [0.29, 0.717) is 38.3 Å². The fourth-order valence-electron chi connectivity index (χ4n) is 3.69. The minimum Gasteiger partial charge on any atom is -0.352 e. The van der Waals surface area contributed by atoms with Gasteiger partial charge in [-0.3, -0.25) is 13.9 Å². The van der Waals surface area contributed by atoms with Gasteiger partial charge in [0.05, 0.1) is 11.9 Å². The number of aryl methyl sites for hydroxylation is 1. The van der Waals surface area contributed by atoms with Crippen LogP contribution in [0.25, 0.3) is 0 Å². The number of nitrogens with zero attached hydrogens (tertiary/aromatic N) is 2. The summed E-state index contributed by atoms with van der Waals surface area (Å²) in [6.07, 6.45) is 2.07. The van der Waals surface area contributed by atoms with E-state index < -0.39 is 28.5 Å². The van der Waals surface area contributed by atoms with Gasteiger partial charge in [0.25, 0.3) is 0 Å². The SMILES string of the molecule is CC[C@H](C(=O)N[C@@H](C)CC)N(Cc1ccc(Cl)cc1Cl)C(=O)CN(c1ccc(Cl)cc1C)S(C)(=O)=O. The summed E-state index contributed by atoms with van der Waals surface area (Å²) in [5.41, 5.74) is 1.50. The Morgan fingerprint density at radius 1 is 1.00 bits per heavy atom. The second kappa shape index (κ2) is 13.0. The molecule has 11 heteroatoms. The molecule has 2 atom stereocenters. The van der Waals surface area contributed by atoms with Gasteiger partial charge in [-0.05, 0) is 68.1 Å². The molecular weight excluding hydrogens is 545 g/mol. The predicted molar refractivity (Wildman–Crippen MR) is 147 cm³/mol. The lowest BCUT2D eigenvalue weighted by molar-refractivity contribution is -0.140. The Kier molecular flexibility index (Phi) is 10.9. The van der Waals surface area contributed by atoms with E-state index in [9.17, 15) is 18.0 Å². The average Bonchev–Trinajstić information content (AvgIpc) is 2.78. The third-order valence-electron chi connectivity index (χ3n) is 5.85. The number of amides is 2. The summed E-state index contributed by atoms with van der Waals surface area (Å²) in [5.74, 6) is -0.870. The monoisotopic (exact) mass is 575 g/mol. The third kappa shape index (κ3) is 8.00. The molecule has 7 nitrogen and oxygen atoms in total. The minimum atomic E-state index is -3.85. The lowest BCUT2D eigenvalue weighted by Crippen LogP contribution is -2.53. The summed E-state index contributed by atoms with van der Waals surface area (Å²) in [6, 6.07) is 8.69. The fourth-order valence-corrected chi connectivity index (χ4v) is 5.29. The van der Waals surface area contributed by atoms with Crippen LogP contribution in [0.15, 0.2) is 36.4 Å². The molecule has 2 aromatic carbocycles. The Morgan fingerprint density at radius 2 is 1.61 bits per heavy atom. The molecule has 2 aromatic rings. The van der Waals surface area contributed by atoms with Crippen LogP contribution in [0.5, 0.6) is 0 Å². The molecule has 0 radical (unpaired) electrons. The number of anilines is 1. The molecule has 36 heavy (non-hydrogen) atoms. The van der Waals surface area contributed by atoms with E-state index in [-0.39, 0.29) is 18.5 Å². The summed E-state index contributed by atoms with van der Waals surface area (Å²) in [7, 11) is -3.85. The second-order valence-corrected chi connectivity index (χ2v) is 11.9. The third-order valence-corrected chi connectivity index (χ3v) is 7.80. The van der Waals surface area contributed by atoms with E-state index in [1.54, 1.807) is 50.2 Å². The zero-order valence-electron chi connectivity index (χ0n) is 21.0. The molecular formula is C25H32Cl3N3O4S. The van der Waals surface area contributed by atoms with E-state index in [1.807, 2.05) is 13.8 Å². The van der Waals surface area contributed by atoms with Crippen molar-refractivity contribution in [1.29, 1.82) is 0 Å². The van der Waals surface area contributed by atoms with Crippen molar-refractivity contribution in [3.05, 3.63) is 62.6 Å². The van der Waals surface area contributed by atoms with Crippen molar-refractivity contribution >= 4 is 62.3 Å². The highest BCUT2D eigenvalue weighted by atomic mass is 35.5. The molecule has 0 unspecified atom stereocenters. The van der Waals surface area contributed by atoms with Gasteiger partial charge in [0.15, 0.2) is 0 Å². The van der Waals surface area contributed by atoms with E-state index in [4.69, 9.17) is 34.8 Å². The first kappa shape index (κ1) is 30.2. The summed E-state index contributed by atoms with van der Waals surface area (Å²) in [6.45, 7) is 6.83. The Morgan fingerprint density at radius 3 is 2.14 bits per heavy atom. The molecule has 0 fully saturated rings. The highest BCUT2D eigenvalue weighted by Gasteiger charge is 2.32. The molecule has 2 rings (SSSR count). The van der Waals surface area contributed by atoms with Gasteiger partial charge in [0, 0.05) is 27.7 Å². The van der Waals surface area contributed by atoms with Crippen LogP contribution >= 0.6 is 34.8 Å². The molecule has 0 heterocycles. The highest BCUT2D eigenvalue weighted by molar-refractivity contribution is 7.92. The Bertz CT molecular complexity index is 1210. The Balaban J connectivity index is 2.51. The van der Waals surface area contributed by atoms with Gasteiger partial charge >= 0.3 is 0 Å². The van der Waals surface area contributed by atoms with E-state index in [1.165, 1.54) is 4.90 Å². The zero-order chi connectivity index (χ0) is 27.2. The number of sulfonamides is 1.